The number of hydrogen-bond acceptors (Lipinski definition) is 5. The van der Waals surface area contributed by atoms with Crippen molar-refractivity contribution in [3.63, 3.8) is 0 Å². The SMILES string of the molecule is COCCC(C)(O)CNc1cc2[nH]ncc2cc1N. The number of ether oxygens (including phenoxy) is 1. The molecule has 0 saturated heterocycles. The fraction of sp³-hybridized carbons (Fsp3) is 0.462. The van der Waals surface area contributed by atoms with Crippen LogP contribution in [0, 0.1) is 0 Å². The molecule has 0 saturated carbocycles. The summed E-state index contributed by atoms with van der Waals surface area (Å²) >= 11 is 0. The van der Waals surface area contributed by atoms with E-state index in [4.69, 9.17) is 10.5 Å². The topological polar surface area (TPSA) is 96.2 Å². The summed E-state index contributed by atoms with van der Waals surface area (Å²) in [6.45, 7) is 2.69. The number of nitrogen functional groups attached to an aromatic ring is 1. The molecule has 19 heavy (non-hydrogen) atoms. The summed E-state index contributed by atoms with van der Waals surface area (Å²) in [7, 11) is 1.62. The lowest BCUT2D eigenvalue weighted by atomic mass is 10.0. The van der Waals surface area contributed by atoms with E-state index in [-0.39, 0.29) is 0 Å². The zero-order valence-corrected chi connectivity index (χ0v) is 11.2. The number of H-pyrrole nitrogens is 1. The smallest absolute Gasteiger partial charge is 0.0813 e. The van der Waals surface area contributed by atoms with Gasteiger partial charge in [-0.25, -0.2) is 0 Å². The van der Waals surface area contributed by atoms with Gasteiger partial charge in [0.2, 0.25) is 0 Å². The van der Waals surface area contributed by atoms with Crippen molar-refractivity contribution >= 4 is 22.3 Å². The fourth-order valence-electron chi connectivity index (χ4n) is 1.86. The predicted octanol–water partition coefficient (Wildman–Crippen LogP) is 1.34. The van der Waals surface area contributed by atoms with Crippen LogP contribution >= 0.6 is 0 Å². The number of methoxy groups -OCH3 is 1. The Kier molecular flexibility index (Phi) is 3.92. The second kappa shape index (κ2) is 5.46. The molecular formula is C13H20N4O2. The maximum Gasteiger partial charge on any atom is 0.0813 e. The van der Waals surface area contributed by atoms with Gasteiger partial charge in [-0.2, -0.15) is 5.10 Å². The Balaban J connectivity index is 2.06. The second-order valence-corrected chi connectivity index (χ2v) is 4.99. The van der Waals surface area contributed by atoms with Crippen molar-refractivity contribution in [2.75, 3.05) is 31.3 Å². The summed E-state index contributed by atoms with van der Waals surface area (Å²) in [6.07, 6.45) is 2.28. The van der Waals surface area contributed by atoms with E-state index < -0.39 is 5.60 Å². The fourth-order valence-corrected chi connectivity index (χ4v) is 1.86. The first-order chi connectivity index (χ1) is 9.02. The van der Waals surface area contributed by atoms with Crippen LogP contribution in [-0.2, 0) is 4.74 Å². The molecule has 2 rings (SSSR count). The molecule has 6 nitrogen and oxygen atoms in total. The molecule has 6 heteroatoms. The van der Waals surface area contributed by atoms with Gasteiger partial charge in [0, 0.05) is 32.1 Å². The van der Waals surface area contributed by atoms with Gasteiger partial charge in [-0.05, 0) is 19.1 Å². The highest BCUT2D eigenvalue weighted by Gasteiger charge is 2.20. The van der Waals surface area contributed by atoms with Crippen LogP contribution in [0.25, 0.3) is 10.9 Å². The van der Waals surface area contributed by atoms with E-state index in [2.05, 4.69) is 15.5 Å². The first-order valence-corrected chi connectivity index (χ1v) is 6.20. The maximum absolute atomic E-state index is 10.2. The van der Waals surface area contributed by atoms with Crippen molar-refractivity contribution in [3.8, 4) is 0 Å². The van der Waals surface area contributed by atoms with E-state index in [1.807, 2.05) is 12.1 Å². The Labute approximate surface area is 111 Å². The van der Waals surface area contributed by atoms with Crippen molar-refractivity contribution < 1.29 is 9.84 Å². The Bertz CT molecular complexity index is 551. The number of nitrogens with two attached hydrogens (primary N) is 1. The molecule has 0 spiro atoms. The molecule has 1 atom stereocenters. The normalized spacial score (nSPS) is 14.5. The molecule has 2 aromatic rings. The largest absolute Gasteiger partial charge is 0.397 e. The van der Waals surface area contributed by atoms with E-state index in [9.17, 15) is 5.11 Å². The van der Waals surface area contributed by atoms with Crippen LogP contribution in [0.4, 0.5) is 11.4 Å². The van der Waals surface area contributed by atoms with Gasteiger partial charge < -0.3 is 20.9 Å². The maximum atomic E-state index is 10.2. The Morgan fingerprint density at radius 1 is 1.53 bits per heavy atom. The van der Waals surface area contributed by atoms with Gasteiger partial charge in [0.15, 0.2) is 0 Å². The summed E-state index contributed by atoms with van der Waals surface area (Å²) in [4.78, 5) is 0. The van der Waals surface area contributed by atoms with Crippen molar-refractivity contribution in [1.29, 1.82) is 0 Å². The van der Waals surface area contributed by atoms with E-state index in [0.29, 0.717) is 25.3 Å². The zero-order valence-electron chi connectivity index (χ0n) is 11.2. The molecule has 1 heterocycles. The van der Waals surface area contributed by atoms with Gasteiger partial charge in [0.25, 0.3) is 0 Å². The predicted molar refractivity (Wildman–Crippen MR) is 76.1 cm³/mol. The molecule has 0 bridgehead atoms. The standard InChI is InChI=1S/C13H20N4O2/c1-13(18,3-4-19-2)8-15-12-6-11-9(5-10(12)14)7-16-17-11/h5-7,15,18H,3-4,8,14H2,1-2H3,(H,16,17). The zero-order chi connectivity index (χ0) is 13.9. The molecule has 0 fully saturated rings. The molecule has 0 aliphatic carbocycles. The number of hydrogen-bond donors (Lipinski definition) is 4. The molecule has 1 unspecified atom stereocenters. The van der Waals surface area contributed by atoms with E-state index in [1.165, 1.54) is 0 Å². The summed E-state index contributed by atoms with van der Waals surface area (Å²) in [5, 5.41) is 21.1. The van der Waals surface area contributed by atoms with Crippen molar-refractivity contribution in [2.45, 2.75) is 18.9 Å². The number of anilines is 2. The van der Waals surface area contributed by atoms with E-state index >= 15 is 0 Å². The second-order valence-electron chi connectivity index (χ2n) is 4.99. The van der Waals surface area contributed by atoms with E-state index in [0.717, 1.165) is 16.6 Å². The average molecular weight is 264 g/mol. The summed E-state index contributed by atoms with van der Waals surface area (Å²) in [5.74, 6) is 0. The third-order valence-corrected chi connectivity index (χ3v) is 3.11. The number of aromatic nitrogens is 2. The third-order valence-electron chi connectivity index (χ3n) is 3.11. The molecule has 0 amide bonds. The molecule has 104 valence electrons. The minimum absolute atomic E-state index is 0.403. The molecule has 1 aromatic heterocycles. The number of aliphatic hydroxyl groups is 1. The summed E-state index contributed by atoms with van der Waals surface area (Å²) in [6, 6.07) is 3.75. The van der Waals surface area contributed by atoms with Crippen LogP contribution in [-0.4, -0.2) is 41.2 Å². The summed E-state index contributed by atoms with van der Waals surface area (Å²) < 4.78 is 4.97. The third kappa shape index (κ3) is 3.36. The van der Waals surface area contributed by atoms with Gasteiger partial charge in [-0.15, -0.1) is 0 Å². The molecular weight excluding hydrogens is 244 g/mol. The van der Waals surface area contributed by atoms with Crippen molar-refractivity contribution in [2.24, 2.45) is 0 Å². The molecule has 5 N–H and O–H groups in total. The lowest BCUT2D eigenvalue weighted by Crippen LogP contribution is -2.34. The molecule has 0 aliphatic rings. The highest BCUT2D eigenvalue weighted by atomic mass is 16.5. The minimum Gasteiger partial charge on any atom is -0.397 e. The van der Waals surface area contributed by atoms with Gasteiger partial charge in [-0.1, -0.05) is 0 Å². The van der Waals surface area contributed by atoms with Gasteiger partial charge in [0.1, 0.15) is 0 Å². The van der Waals surface area contributed by atoms with Gasteiger partial charge >= 0.3 is 0 Å². The van der Waals surface area contributed by atoms with Crippen LogP contribution < -0.4 is 11.1 Å². The Hall–Kier alpha value is -1.79. The Morgan fingerprint density at radius 2 is 2.32 bits per heavy atom. The number of benzene rings is 1. The van der Waals surface area contributed by atoms with Gasteiger partial charge in [0.05, 0.1) is 28.7 Å². The van der Waals surface area contributed by atoms with Crippen LogP contribution in [0.5, 0.6) is 0 Å². The summed E-state index contributed by atoms with van der Waals surface area (Å²) in [5.41, 5.74) is 7.46. The van der Waals surface area contributed by atoms with Crippen LogP contribution in [0.2, 0.25) is 0 Å². The van der Waals surface area contributed by atoms with Crippen LogP contribution in [0.3, 0.4) is 0 Å². The highest BCUT2D eigenvalue weighted by molar-refractivity contribution is 5.88. The Morgan fingerprint density at radius 3 is 3.05 bits per heavy atom. The average Bonchev–Trinajstić information content (AvgIpc) is 2.80. The quantitative estimate of drug-likeness (QED) is 0.590. The number of rotatable bonds is 6. The lowest BCUT2D eigenvalue weighted by Gasteiger charge is -2.24. The van der Waals surface area contributed by atoms with Crippen molar-refractivity contribution in [3.05, 3.63) is 18.3 Å². The van der Waals surface area contributed by atoms with Crippen molar-refractivity contribution in [1.82, 2.24) is 10.2 Å². The minimum atomic E-state index is -0.842. The number of fused-ring (bicyclic) bond motifs is 1. The molecule has 1 aromatic carbocycles. The van der Waals surface area contributed by atoms with Crippen LogP contribution in [0.15, 0.2) is 18.3 Å². The first kappa shape index (κ1) is 13.6. The highest BCUT2D eigenvalue weighted by Crippen LogP contribution is 2.25. The molecule has 0 radical (unpaired) electrons. The number of nitrogens with zero attached hydrogens (tertiary/aromatic N) is 1. The lowest BCUT2D eigenvalue weighted by molar-refractivity contribution is 0.0358. The first-order valence-electron chi connectivity index (χ1n) is 6.20. The number of aromatic amines is 1. The monoisotopic (exact) mass is 264 g/mol. The van der Waals surface area contributed by atoms with Crippen LogP contribution in [0.1, 0.15) is 13.3 Å². The van der Waals surface area contributed by atoms with E-state index in [1.54, 1.807) is 20.2 Å². The van der Waals surface area contributed by atoms with Gasteiger partial charge in [-0.3, -0.25) is 5.10 Å². The molecule has 0 aliphatic heterocycles. The number of nitrogens with one attached hydrogen (secondary N) is 2.